The van der Waals surface area contributed by atoms with Crippen molar-refractivity contribution in [2.24, 2.45) is 0 Å². The quantitative estimate of drug-likeness (QED) is 0.655. The molecule has 0 saturated carbocycles. The number of piperazine rings is 1. The lowest BCUT2D eigenvalue weighted by Gasteiger charge is -2.36. The van der Waals surface area contributed by atoms with Crippen LogP contribution in [0.15, 0.2) is 35.2 Å². The molecule has 0 aromatic heterocycles. The van der Waals surface area contributed by atoms with E-state index in [0.29, 0.717) is 56.0 Å². The van der Waals surface area contributed by atoms with E-state index in [1.54, 1.807) is 30.3 Å². The first-order valence-electron chi connectivity index (χ1n) is 11.5. The lowest BCUT2D eigenvalue weighted by molar-refractivity contribution is 0.384. The number of aryl methyl sites for hydroxylation is 3. The van der Waals surface area contributed by atoms with Crippen molar-refractivity contribution >= 4 is 31.4 Å². The molecule has 2 aromatic rings. The van der Waals surface area contributed by atoms with Gasteiger partial charge in [-0.3, -0.25) is 4.31 Å². The highest BCUT2D eigenvalue weighted by Crippen LogP contribution is 2.33. The molecule has 2 aromatic carbocycles. The molecule has 0 amide bonds. The van der Waals surface area contributed by atoms with Gasteiger partial charge in [-0.15, -0.1) is 0 Å². The Morgan fingerprint density at radius 3 is 2.15 bits per heavy atom. The summed E-state index contributed by atoms with van der Waals surface area (Å²) in [7, 11) is -7.03. The number of rotatable bonds is 4. The average Bonchev–Trinajstić information content (AvgIpc) is 2.77. The van der Waals surface area contributed by atoms with Gasteiger partial charge in [0.1, 0.15) is 0 Å². The van der Waals surface area contributed by atoms with Gasteiger partial charge in [-0.1, -0.05) is 12.1 Å². The Labute approximate surface area is 198 Å². The number of hydrogen-bond donors (Lipinski definition) is 0. The molecule has 2 heterocycles. The topological polar surface area (TPSA) is 78.0 Å². The average molecular weight is 492 g/mol. The molecule has 9 heteroatoms. The van der Waals surface area contributed by atoms with Crippen molar-refractivity contribution in [1.29, 1.82) is 0 Å². The summed E-state index contributed by atoms with van der Waals surface area (Å²) in [6.07, 6.45) is 1.47. The molecule has 2 aliphatic heterocycles. The second-order valence-electron chi connectivity index (χ2n) is 9.11. The Kier molecular flexibility index (Phi) is 6.50. The van der Waals surface area contributed by atoms with Crippen LogP contribution in [0.5, 0.6) is 0 Å². The standard InChI is InChI=1S/C24H33N3O4S2/c1-18-8-7-9-22(21(18)4)25-11-13-26(14-12-25)33(30,31)24-17-19(2)23(16-20(24)3)27-10-5-6-15-32(27,28)29/h7-9,16-17H,5-6,10-15H2,1-4H3. The van der Waals surface area contributed by atoms with Gasteiger partial charge in [-0.2, -0.15) is 4.31 Å². The fourth-order valence-corrected chi connectivity index (χ4v) is 8.17. The first kappa shape index (κ1) is 24.0. The van der Waals surface area contributed by atoms with Crippen molar-refractivity contribution in [2.45, 2.75) is 45.4 Å². The first-order valence-corrected chi connectivity index (χ1v) is 14.5. The SMILES string of the molecule is Cc1cc(S(=O)(=O)N2CCN(c3cccc(C)c3C)CC2)c(C)cc1N1CCCCS1(=O)=O. The predicted octanol–water partition coefficient (Wildman–Crippen LogP) is 3.36. The molecular formula is C24H33N3O4S2. The summed E-state index contributed by atoms with van der Waals surface area (Å²) in [6, 6.07) is 9.58. The Morgan fingerprint density at radius 2 is 1.48 bits per heavy atom. The summed E-state index contributed by atoms with van der Waals surface area (Å²) in [6.45, 7) is 10.3. The van der Waals surface area contributed by atoms with Gasteiger partial charge in [-0.25, -0.2) is 16.8 Å². The molecular weight excluding hydrogens is 458 g/mol. The molecule has 0 aliphatic carbocycles. The van der Waals surface area contributed by atoms with Gasteiger partial charge in [-0.05, 0) is 81.0 Å². The highest BCUT2D eigenvalue weighted by molar-refractivity contribution is 7.92. The van der Waals surface area contributed by atoms with Crippen LogP contribution in [-0.4, -0.2) is 59.6 Å². The minimum atomic E-state index is -3.68. The zero-order valence-corrected chi connectivity index (χ0v) is 21.5. The Balaban J connectivity index is 1.57. The van der Waals surface area contributed by atoms with E-state index in [4.69, 9.17) is 0 Å². The number of anilines is 2. The molecule has 2 aliphatic rings. The zero-order chi connectivity index (χ0) is 24.0. The summed E-state index contributed by atoms with van der Waals surface area (Å²) >= 11 is 0. The van der Waals surface area contributed by atoms with Crippen molar-refractivity contribution in [1.82, 2.24) is 4.31 Å². The maximum Gasteiger partial charge on any atom is 0.243 e. The van der Waals surface area contributed by atoms with Crippen LogP contribution in [-0.2, 0) is 20.0 Å². The molecule has 0 bridgehead atoms. The van der Waals surface area contributed by atoms with Crippen LogP contribution in [0.4, 0.5) is 11.4 Å². The molecule has 4 rings (SSSR count). The van der Waals surface area contributed by atoms with Crippen LogP contribution in [0, 0.1) is 27.7 Å². The van der Waals surface area contributed by atoms with Crippen molar-refractivity contribution in [3.8, 4) is 0 Å². The molecule has 7 nitrogen and oxygen atoms in total. The van der Waals surface area contributed by atoms with Crippen LogP contribution in [0.3, 0.4) is 0 Å². The van der Waals surface area contributed by atoms with Crippen molar-refractivity contribution in [3.05, 3.63) is 52.6 Å². The third-order valence-electron chi connectivity index (χ3n) is 6.88. The smallest absolute Gasteiger partial charge is 0.243 e. The predicted molar refractivity (Wildman–Crippen MR) is 133 cm³/mol. The van der Waals surface area contributed by atoms with E-state index in [-0.39, 0.29) is 10.6 Å². The van der Waals surface area contributed by atoms with E-state index >= 15 is 0 Å². The van der Waals surface area contributed by atoms with Crippen LogP contribution in [0.25, 0.3) is 0 Å². The van der Waals surface area contributed by atoms with Gasteiger partial charge in [0, 0.05) is 38.4 Å². The van der Waals surface area contributed by atoms with Crippen LogP contribution in [0.2, 0.25) is 0 Å². The summed E-state index contributed by atoms with van der Waals surface area (Å²) in [5.74, 6) is 0.135. The fourth-order valence-electron chi connectivity index (χ4n) is 4.77. The van der Waals surface area contributed by atoms with E-state index in [0.717, 1.165) is 12.1 Å². The van der Waals surface area contributed by atoms with Crippen LogP contribution >= 0.6 is 0 Å². The molecule has 2 saturated heterocycles. The molecule has 180 valence electrons. The summed E-state index contributed by atoms with van der Waals surface area (Å²) < 4.78 is 55.1. The monoisotopic (exact) mass is 491 g/mol. The Bertz CT molecular complexity index is 1260. The third kappa shape index (κ3) is 4.50. The Hall–Kier alpha value is -2.10. The number of sulfonamides is 2. The van der Waals surface area contributed by atoms with Crippen molar-refractivity contribution in [3.63, 3.8) is 0 Å². The van der Waals surface area contributed by atoms with Gasteiger partial charge >= 0.3 is 0 Å². The second-order valence-corrected chi connectivity index (χ2v) is 13.0. The van der Waals surface area contributed by atoms with E-state index in [2.05, 4.69) is 30.9 Å². The van der Waals surface area contributed by atoms with E-state index < -0.39 is 20.0 Å². The molecule has 0 atom stereocenters. The van der Waals surface area contributed by atoms with Gasteiger partial charge in [0.2, 0.25) is 20.0 Å². The molecule has 0 unspecified atom stereocenters. The van der Waals surface area contributed by atoms with Gasteiger partial charge < -0.3 is 4.90 Å². The highest BCUT2D eigenvalue weighted by atomic mass is 32.2. The largest absolute Gasteiger partial charge is 0.369 e. The zero-order valence-electron chi connectivity index (χ0n) is 19.8. The summed E-state index contributed by atoms with van der Waals surface area (Å²) in [5.41, 5.74) is 5.44. The number of hydrogen-bond acceptors (Lipinski definition) is 5. The molecule has 0 N–H and O–H groups in total. The van der Waals surface area contributed by atoms with E-state index in [1.165, 1.54) is 15.4 Å². The lowest BCUT2D eigenvalue weighted by Crippen LogP contribution is -2.49. The first-order chi connectivity index (χ1) is 15.5. The van der Waals surface area contributed by atoms with Crippen molar-refractivity contribution < 1.29 is 16.8 Å². The maximum absolute atomic E-state index is 13.5. The number of nitrogens with zero attached hydrogens (tertiary/aromatic N) is 3. The highest BCUT2D eigenvalue weighted by Gasteiger charge is 2.32. The molecule has 2 fully saturated rings. The maximum atomic E-state index is 13.5. The third-order valence-corrected chi connectivity index (χ3v) is 10.8. The van der Waals surface area contributed by atoms with Gasteiger partial charge in [0.05, 0.1) is 16.3 Å². The van der Waals surface area contributed by atoms with E-state index in [9.17, 15) is 16.8 Å². The van der Waals surface area contributed by atoms with E-state index in [1.807, 2.05) is 6.07 Å². The fraction of sp³-hybridized carbons (Fsp3) is 0.500. The van der Waals surface area contributed by atoms with Gasteiger partial charge in [0.25, 0.3) is 0 Å². The number of benzene rings is 2. The minimum Gasteiger partial charge on any atom is -0.369 e. The van der Waals surface area contributed by atoms with Crippen molar-refractivity contribution in [2.75, 3.05) is 47.7 Å². The summed E-state index contributed by atoms with van der Waals surface area (Å²) in [4.78, 5) is 2.51. The molecule has 0 spiro atoms. The second kappa shape index (κ2) is 8.92. The lowest BCUT2D eigenvalue weighted by atomic mass is 10.1. The van der Waals surface area contributed by atoms with Crippen LogP contribution in [0.1, 0.15) is 35.1 Å². The minimum absolute atomic E-state index is 0.135. The molecule has 0 radical (unpaired) electrons. The summed E-state index contributed by atoms with van der Waals surface area (Å²) in [5, 5.41) is 0. The Morgan fingerprint density at radius 1 is 0.788 bits per heavy atom. The van der Waals surface area contributed by atoms with Crippen LogP contribution < -0.4 is 9.21 Å². The molecule has 33 heavy (non-hydrogen) atoms. The van der Waals surface area contributed by atoms with Gasteiger partial charge in [0.15, 0.2) is 0 Å². The normalized spacial score (nSPS) is 19.6.